The monoisotopic (exact) mass is 370 g/mol. The third-order valence-corrected chi connectivity index (χ3v) is 6.22. The van der Waals surface area contributed by atoms with Gasteiger partial charge < -0.3 is 10.1 Å². The SMILES string of the molecule is O=C1CC(C(=O)NCc2nc(-c3ccccc3)cs2)C2(CCCCC2)O1. The Bertz CT molecular complexity index is 796. The Morgan fingerprint density at radius 3 is 2.77 bits per heavy atom. The number of hydrogen-bond donors (Lipinski definition) is 1. The highest BCUT2D eigenvalue weighted by Crippen LogP contribution is 2.44. The van der Waals surface area contributed by atoms with E-state index in [-0.39, 0.29) is 24.2 Å². The van der Waals surface area contributed by atoms with Crippen LogP contribution in [0.25, 0.3) is 11.3 Å². The summed E-state index contributed by atoms with van der Waals surface area (Å²) in [5, 5.41) is 5.84. The first-order valence-electron chi connectivity index (χ1n) is 9.16. The molecule has 1 N–H and O–H groups in total. The molecule has 0 bridgehead atoms. The van der Waals surface area contributed by atoms with Crippen LogP contribution < -0.4 is 5.32 Å². The minimum Gasteiger partial charge on any atom is -0.458 e. The van der Waals surface area contributed by atoms with Crippen LogP contribution in [0.5, 0.6) is 0 Å². The molecule has 5 nitrogen and oxygen atoms in total. The van der Waals surface area contributed by atoms with Gasteiger partial charge in [0.1, 0.15) is 10.6 Å². The zero-order chi connectivity index (χ0) is 18.0. The molecule has 26 heavy (non-hydrogen) atoms. The molecule has 1 aromatic heterocycles. The van der Waals surface area contributed by atoms with Crippen LogP contribution in [-0.2, 0) is 20.9 Å². The second-order valence-corrected chi connectivity index (χ2v) is 8.01. The highest BCUT2D eigenvalue weighted by atomic mass is 32.1. The zero-order valence-corrected chi connectivity index (χ0v) is 15.4. The van der Waals surface area contributed by atoms with E-state index >= 15 is 0 Å². The van der Waals surface area contributed by atoms with Gasteiger partial charge in [-0.25, -0.2) is 4.98 Å². The first-order valence-corrected chi connectivity index (χ1v) is 10.0. The minimum atomic E-state index is -0.572. The van der Waals surface area contributed by atoms with E-state index in [1.807, 2.05) is 35.7 Å². The second-order valence-electron chi connectivity index (χ2n) is 7.07. The zero-order valence-electron chi connectivity index (χ0n) is 14.6. The Kier molecular flexibility index (Phi) is 4.76. The largest absolute Gasteiger partial charge is 0.458 e. The summed E-state index contributed by atoms with van der Waals surface area (Å²) in [5.74, 6) is -0.703. The Labute approximate surface area is 156 Å². The lowest BCUT2D eigenvalue weighted by Gasteiger charge is -2.35. The number of esters is 1. The van der Waals surface area contributed by atoms with Crippen LogP contribution in [0.1, 0.15) is 43.5 Å². The summed E-state index contributed by atoms with van der Waals surface area (Å²) in [7, 11) is 0. The lowest BCUT2D eigenvalue weighted by atomic mass is 9.75. The van der Waals surface area contributed by atoms with Crippen molar-refractivity contribution in [3.05, 3.63) is 40.7 Å². The van der Waals surface area contributed by atoms with Gasteiger partial charge >= 0.3 is 5.97 Å². The molecular formula is C20H22N2O3S. The maximum absolute atomic E-state index is 12.7. The third kappa shape index (κ3) is 3.38. The van der Waals surface area contributed by atoms with Gasteiger partial charge in [-0.15, -0.1) is 11.3 Å². The fourth-order valence-corrected chi connectivity index (χ4v) is 4.79. The molecule has 4 rings (SSSR count). The van der Waals surface area contributed by atoms with Crippen molar-refractivity contribution in [3.8, 4) is 11.3 Å². The van der Waals surface area contributed by atoms with Gasteiger partial charge in [0.2, 0.25) is 5.91 Å². The molecule has 2 fully saturated rings. The molecule has 1 saturated carbocycles. The lowest BCUT2D eigenvalue weighted by Crippen LogP contribution is -2.45. The van der Waals surface area contributed by atoms with E-state index in [9.17, 15) is 9.59 Å². The Morgan fingerprint density at radius 2 is 2.00 bits per heavy atom. The summed E-state index contributed by atoms with van der Waals surface area (Å²) < 4.78 is 5.62. The maximum Gasteiger partial charge on any atom is 0.307 e. The number of ether oxygens (including phenoxy) is 1. The maximum atomic E-state index is 12.7. The molecule has 2 aliphatic rings. The number of aromatic nitrogens is 1. The van der Waals surface area contributed by atoms with Crippen molar-refractivity contribution in [1.29, 1.82) is 0 Å². The number of benzene rings is 1. The number of carbonyl (C=O) groups excluding carboxylic acids is 2. The van der Waals surface area contributed by atoms with E-state index in [1.165, 1.54) is 11.3 Å². The number of hydrogen-bond acceptors (Lipinski definition) is 5. The van der Waals surface area contributed by atoms with E-state index in [0.29, 0.717) is 6.54 Å². The molecule has 6 heteroatoms. The Morgan fingerprint density at radius 1 is 1.23 bits per heavy atom. The van der Waals surface area contributed by atoms with Crippen LogP contribution in [0.2, 0.25) is 0 Å². The van der Waals surface area contributed by atoms with E-state index in [4.69, 9.17) is 4.74 Å². The van der Waals surface area contributed by atoms with E-state index < -0.39 is 5.60 Å². The van der Waals surface area contributed by atoms with E-state index in [2.05, 4.69) is 10.3 Å². The van der Waals surface area contributed by atoms with Crippen LogP contribution in [0, 0.1) is 5.92 Å². The van der Waals surface area contributed by atoms with Crippen LogP contribution in [-0.4, -0.2) is 22.5 Å². The molecule has 1 atom stereocenters. The van der Waals surface area contributed by atoms with Gasteiger partial charge in [0.05, 0.1) is 24.6 Å². The first kappa shape index (κ1) is 17.2. The van der Waals surface area contributed by atoms with Gasteiger partial charge in [-0.2, -0.15) is 0 Å². The predicted molar refractivity (Wildman–Crippen MR) is 99.4 cm³/mol. The summed E-state index contributed by atoms with van der Waals surface area (Å²) in [6.45, 7) is 0.386. The second kappa shape index (κ2) is 7.19. The fraction of sp³-hybridized carbons (Fsp3) is 0.450. The summed E-state index contributed by atoms with van der Waals surface area (Å²) in [5.41, 5.74) is 1.41. The van der Waals surface area contributed by atoms with Crippen LogP contribution in [0.3, 0.4) is 0 Å². The lowest BCUT2D eigenvalue weighted by molar-refractivity contribution is -0.153. The quantitative estimate of drug-likeness (QED) is 0.834. The van der Waals surface area contributed by atoms with Crippen molar-refractivity contribution in [1.82, 2.24) is 10.3 Å². The van der Waals surface area contributed by atoms with Gasteiger partial charge in [-0.1, -0.05) is 36.8 Å². The van der Waals surface area contributed by atoms with Gasteiger partial charge in [0.15, 0.2) is 0 Å². The van der Waals surface area contributed by atoms with Crippen LogP contribution >= 0.6 is 11.3 Å². The predicted octanol–water partition coefficient (Wildman–Crippen LogP) is 3.69. The molecule has 1 unspecified atom stereocenters. The number of rotatable bonds is 4. The summed E-state index contributed by atoms with van der Waals surface area (Å²) in [4.78, 5) is 29.2. The molecule has 1 spiro atoms. The Balaban J connectivity index is 1.41. The van der Waals surface area contributed by atoms with Crippen LogP contribution in [0.15, 0.2) is 35.7 Å². The molecule has 1 saturated heterocycles. The molecule has 1 aliphatic carbocycles. The summed E-state index contributed by atoms with van der Waals surface area (Å²) >= 11 is 1.53. The smallest absolute Gasteiger partial charge is 0.307 e. The van der Waals surface area contributed by atoms with Gasteiger partial charge in [0, 0.05) is 10.9 Å². The van der Waals surface area contributed by atoms with Crippen molar-refractivity contribution in [2.75, 3.05) is 0 Å². The van der Waals surface area contributed by atoms with E-state index in [0.717, 1.165) is 48.4 Å². The summed E-state index contributed by atoms with van der Waals surface area (Å²) in [6, 6.07) is 9.98. The average molecular weight is 370 g/mol. The first-order chi connectivity index (χ1) is 12.7. The Hall–Kier alpha value is -2.21. The van der Waals surface area contributed by atoms with Crippen molar-refractivity contribution in [2.24, 2.45) is 5.92 Å². The normalized spacial score (nSPS) is 21.5. The fourth-order valence-electron chi connectivity index (χ4n) is 4.04. The molecule has 2 heterocycles. The highest BCUT2D eigenvalue weighted by Gasteiger charge is 2.52. The van der Waals surface area contributed by atoms with Gasteiger partial charge in [-0.05, 0) is 25.7 Å². The highest BCUT2D eigenvalue weighted by molar-refractivity contribution is 7.09. The van der Waals surface area contributed by atoms with Crippen molar-refractivity contribution < 1.29 is 14.3 Å². The number of thiazole rings is 1. The standard InChI is InChI=1S/C20H22N2O3S/c23-18-11-15(20(25-18)9-5-2-6-10-20)19(24)21-12-17-22-16(13-26-17)14-7-3-1-4-8-14/h1,3-4,7-8,13,15H,2,5-6,9-12H2,(H,21,24). The molecule has 0 radical (unpaired) electrons. The van der Waals surface area contributed by atoms with Gasteiger partial charge in [0.25, 0.3) is 0 Å². The van der Waals surface area contributed by atoms with Crippen molar-refractivity contribution in [2.45, 2.75) is 50.7 Å². The third-order valence-electron chi connectivity index (χ3n) is 5.37. The molecule has 136 valence electrons. The molecule has 1 aromatic carbocycles. The minimum absolute atomic E-state index is 0.0887. The average Bonchev–Trinajstić information content (AvgIpc) is 3.26. The van der Waals surface area contributed by atoms with Crippen LogP contribution in [0.4, 0.5) is 0 Å². The number of carbonyl (C=O) groups is 2. The number of nitrogens with zero attached hydrogens (tertiary/aromatic N) is 1. The number of amides is 1. The topological polar surface area (TPSA) is 68.3 Å². The number of nitrogens with one attached hydrogen (secondary N) is 1. The molecule has 1 amide bonds. The van der Waals surface area contributed by atoms with Crippen molar-refractivity contribution in [3.63, 3.8) is 0 Å². The molecule has 1 aliphatic heterocycles. The van der Waals surface area contributed by atoms with E-state index in [1.54, 1.807) is 0 Å². The molecule has 2 aromatic rings. The molecular weight excluding hydrogens is 348 g/mol. The van der Waals surface area contributed by atoms with Crippen molar-refractivity contribution >= 4 is 23.2 Å². The van der Waals surface area contributed by atoms with Gasteiger partial charge in [-0.3, -0.25) is 9.59 Å². The summed E-state index contributed by atoms with van der Waals surface area (Å²) in [6.07, 6.45) is 4.97.